The molecule has 9 heteroatoms. The third kappa shape index (κ3) is 4.58. The van der Waals surface area contributed by atoms with Crippen LogP contribution in [0.4, 0.5) is 11.4 Å². The molecule has 1 saturated heterocycles. The minimum atomic E-state index is -0.325. The SMILES string of the molecule is CC(=O)c1cccc(NC(=O)CN2CCN(c3cnn(C)c(=O)c3Cl)CC2)c1. The van der Waals surface area contributed by atoms with E-state index in [1.165, 1.54) is 11.6 Å². The van der Waals surface area contributed by atoms with Crippen LogP contribution in [-0.4, -0.2) is 59.1 Å². The standard InChI is InChI=1S/C19H22ClN5O3/c1-13(26)14-4-3-5-15(10-14)22-17(27)12-24-6-8-25(9-7-24)16-11-21-23(2)19(28)18(16)20/h3-5,10-11H,6-9,12H2,1-2H3,(H,22,27). The summed E-state index contributed by atoms with van der Waals surface area (Å²) in [6.07, 6.45) is 1.59. The molecule has 0 radical (unpaired) electrons. The van der Waals surface area contributed by atoms with Crippen molar-refractivity contribution in [1.29, 1.82) is 0 Å². The highest BCUT2D eigenvalue weighted by atomic mass is 35.5. The average molecular weight is 404 g/mol. The molecule has 0 bridgehead atoms. The molecule has 1 N–H and O–H groups in total. The van der Waals surface area contributed by atoms with Crippen molar-refractivity contribution in [2.75, 3.05) is 42.9 Å². The molecule has 1 aliphatic heterocycles. The van der Waals surface area contributed by atoms with Gasteiger partial charge >= 0.3 is 0 Å². The van der Waals surface area contributed by atoms with E-state index >= 15 is 0 Å². The second-order valence-electron chi connectivity index (χ2n) is 6.72. The summed E-state index contributed by atoms with van der Waals surface area (Å²) in [5, 5.41) is 7.01. The van der Waals surface area contributed by atoms with Crippen LogP contribution < -0.4 is 15.8 Å². The van der Waals surface area contributed by atoms with Gasteiger partial charge in [-0.15, -0.1) is 0 Å². The van der Waals surface area contributed by atoms with Crippen molar-refractivity contribution in [3.05, 3.63) is 51.4 Å². The van der Waals surface area contributed by atoms with Gasteiger partial charge in [0.15, 0.2) is 5.78 Å². The number of piperazine rings is 1. The summed E-state index contributed by atoms with van der Waals surface area (Å²) in [7, 11) is 1.56. The lowest BCUT2D eigenvalue weighted by Gasteiger charge is -2.35. The molecule has 2 aromatic rings. The molecule has 0 saturated carbocycles. The minimum Gasteiger partial charge on any atom is -0.366 e. The molecule has 0 atom stereocenters. The Balaban J connectivity index is 1.55. The molecular formula is C19H22ClN5O3. The highest BCUT2D eigenvalue weighted by molar-refractivity contribution is 6.33. The Kier molecular flexibility index (Phi) is 6.11. The van der Waals surface area contributed by atoms with E-state index in [9.17, 15) is 14.4 Å². The van der Waals surface area contributed by atoms with Crippen molar-refractivity contribution in [3.8, 4) is 0 Å². The number of rotatable bonds is 5. The number of Topliss-reactive ketones (excluding diaryl/α,β-unsaturated/α-hetero) is 1. The third-order valence-corrected chi connectivity index (χ3v) is 5.05. The van der Waals surface area contributed by atoms with Crippen LogP contribution in [-0.2, 0) is 11.8 Å². The van der Waals surface area contributed by atoms with Gasteiger partial charge in [0.25, 0.3) is 5.56 Å². The summed E-state index contributed by atoms with van der Waals surface area (Å²) in [5.74, 6) is -0.182. The van der Waals surface area contributed by atoms with E-state index in [0.29, 0.717) is 43.1 Å². The van der Waals surface area contributed by atoms with Crippen molar-refractivity contribution < 1.29 is 9.59 Å². The Bertz CT molecular complexity index is 951. The van der Waals surface area contributed by atoms with E-state index in [4.69, 9.17) is 11.6 Å². The van der Waals surface area contributed by atoms with Crippen LogP contribution in [0.15, 0.2) is 35.3 Å². The fraction of sp³-hybridized carbons (Fsp3) is 0.368. The summed E-state index contributed by atoms with van der Waals surface area (Å²) in [4.78, 5) is 39.7. The van der Waals surface area contributed by atoms with Gasteiger partial charge in [0.05, 0.1) is 18.4 Å². The van der Waals surface area contributed by atoms with Crippen LogP contribution >= 0.6 is 11.6 Å². The molecule has 3 rings (SSSR count). The Hall–Kier alpha value is -2.71. The van der Waals surface area contributed by atoms with E-state index in [2.05, 4.69) is 10.4 Å². The van der Waals surface area contributed by atoms with Gasteiger partial charge in [-0.1, -0.05) is 23.7 Å². The smallest absolute Gasteiger partial charge is 0.287 e. The lowest BCUT2D eigenvalue weighted by Crippen LogP contribution is -2.49. The molecule has 1 fully saturated rings. The largest absolute Gasteiger partial charge is 0.366 e. The van der Waals surface area contributed by atoms with Gasteiger partial charge in [0, 0.05) is 44.5 Å². The van der Waals surface area contributed by atoms with Gasteiger partial charge in [0.2, 0.25) is 5.91 Å². The van der Waals surface area contributed by atoms with Gasteiger partial charge in [-0.05, 0) is 19.1 Å². The lowest BCUT2D eigenvalue weighted by molar-refractivity contribution is -0.117. The van der Waals surface area contributed by atoms with Crippen LogP contribution in [0.5, 0.6) is 0 Å². The highest BCUT2D eigenvalue weighted by Gasteiger charge is 2.22. The van der Waals surface area contributed by atoms with Crippen LogP contribution in [0, 0.1) is 0 Å². The molecule has 8 nitrogen and oxygen atoms in total. The highest BCUT2D eigenvalue weighted by Crippen LogP contribution is 2.22. The number of amides is 1. The fourth-order valence-electron chi connectivity index (χ4n) is 3.09. The van der Waals surface area contributed by atoms with Crippen LogP contribution in [0.3, 0.4) is 0 Å². The molecule has 1 aromatic carbocycles. The molecule has 1 aliphatic rings. The number of hydrogen-bond donors (Lipinski definition) is 1. The van der Waals surface area contributed by atoms with Gasteiger partial charge in [-0.3, -0.25) is 19.3 Å². The summed E-state index contributed by atoms with van der Waals surface area (Å²) in [6.45, 7) is 4.34. The van der Waals surface area contributed by atoms with Crippen molar-refractivity contribution in [3.63, 3.8) is 0 Å². The zero-order valence-electron chi connectivity index (χ0n) is 15.8. The Labute approximate surface area is 167 Å². The number of aryl methyl sites for hydroxylation is 1. The van der Waals surface area contributed by atoms with E-state index in [1.54, 1.807) is 37.5 Å². The zero-order valence-corrected chi connectivity index (χ0v) is 16.6. The van der Waals surface area contributed by atoms with Crippen molar-refractivity contribution in [1.82, 2.24) is 14.7 Å². The zero-order chi connectivity index (χ0) is 20.3. The second kappa shape index (κ2) is 8.53. The van der Waals surface area contributed by atoms with Gasteiger partial charge in [-0.25, -0.2) is 4.68 Å². The summed E-state index contributed by atoms with van der Waals surface area (Å²) in [5.41, 5.74) is 1.46. The average Bonchev–Trinajstić information content (AvgIpc) is 2.67. The summed E-state index contributed by atoms with van der Waals surface area (Å²) < 4.78 is 1.20. The first-order valence-corrected chi connectivity index (χ1v) is 9.33. The Morgan fingerprint density at radius 1 is 1.21 bits per heavy atom. The number of carbonyl (C=O) groups excluding carboxylic acids is 2. The predicted octanol–water partition coefficient (Wildman–Crippen LogP) is 1.40. The first kappa shape index (κ1) is 20.0. The van der Waals surface area contributed by atoms with Crippen molar-refractivity contribution in [2.24, 2.45) is 7.05 Å². The second-order valence-corrected chi connectivity index (χ2v) is 7.10. The molecule has 0 spiro atoms. The maximum atomic E-state index is 12.3. The van der Waals surface area contributed by atoms with E-state index in [-0.39, 0.29) is 28.8 Å². The molecule has 148 valence electrons. The maximum Gasteiger partial charge on any atom is 0.287 e. The van der Waals surface area contributed by atoms with E-state index < -0.39 is 0 Å². The lowest BCUT2D eigenvalue weighted by atomic mass is 10.1. The number of halogens is 1. The number of hydrogen-bond acceptors (Lipinski definition) is 6. The first-order valence-electron chi connectivity index (χ1n) is 8.95. The van der Waals surface area contributed by atoms with Crippen LogP contribution in [0.1, 0.15) is 17.3 Å². The quantitative estimate of drug-likeness (QED) is 0.759. The first-order chi connectivity index (χ1) is 13.3. The topological polar surface area (TPSA) is 87.5 Å². The third-order valence-electron chi connectivity index (χ3n) is 4.69. The molecule has 28 heavy (non-hydrogen) atoms. The fourth-order valence-corrected chi connectivity index (χ4v) is 3.38. The minimum absolute atomic E-state index is 0.0453. The van der Waals surface area contributed by atoms with E-state index in [1.807, 2.05) is 9.80 Å². The summed E-state index contributed by atoms with van der Waals surface area (Å²) in [6, 6.07) is 6.89. The molecule has 2 heterocycles. The van der Waals surface area contributed by atoms with Crippen LogP contribution in [0.25, 0.3) is 0 Å². The summed E-state index contributed by atoms with van der Waals surface area (Å²) >= 11 is 6.16. The number of nitrogens with zero attached hydrogens (tertiary/aromatic N) is 4. The Morgan fingerprint density at radius 2 is 1.93 bits per heavy atom. The monoisotopic (exact) mass is 403 g/mol. The number of anilines is 2. The van der Waals surface area contributed by atoms with Crippen molar-refractivity contribution in [2.45, 2.75) is 6.92 Å². The predicted molar refractivity (Wildman–Crippen MR) is 108 cm³/mol. The molecule has 0 unspecified atom stereocenters. The molecular weight excluding hydrogens is 382 g/mol. The van der Waals surface area contributed by atoms with Gasteiger partial charge in [-0.2, -0.15) is 5.10 Å². The molecule has 0 aliphatic carbocycles. The van der Waals surface area contributed by atoms with Crippen molar-refractivity contribution >= 4 is 34.7 Å². The normalized spacial score (nSPS) is 14.8. The number of benzene rings is 1. The molecule has 1 amide bonds. The van der Waals surface area contributed by atoms with E-state index in [0.717, 1.165) is 0 Å². The number of aromatic nitrogens is 2. The molecule has 1 aromatic heterocycles. The Morgan fingerprint density at radius 3 is 2.61 bits per heavy atom. The number of carbonyl (C=O) groups is 2. The number of nitrogens with one attached hydrogen (secondary N) is 1. The maximum absolute atomic E-state index is 12.3. The number of ketones is 1. The van der Waals surface area contributed by atoms with Gasteiger partial charge < -0.3 is 10.2 Å². The van der Waals surface area contributed by atoms with Crippen LogP contribution in [0.2, 0.25) is 5.02 Å². The van der Waals surface area contributed by atoms with Gasteiger partial charge in [0.1, 0.15) is 5.02 Å².